The van der Waals surface area contributed by atoms with Crippen LogP contribution < -0.4 is 0 Å². The maximum absolute atomic E-state index is 9.42. The third-order valence-corrected chi connectivity index (χ3v) is 2.87. The molecular weight excluding hydrogens is 264 g/mol. The molecule has 0 fully saturated rings. The monoisotopic (exact) mass is 272 g/mol. The fourth-order valence-corrected chi connectivity index (χ4v) is 1.82. The van der Waals surface area contributed by atoms with E-state index in [4.69, 9.17) is 16.1 Å². The summed E-state index contributed by atoms with van der Waals surface area (Å²) in [6.45, 7) is 0. The first-order chi connectivity index (χ1) is 9.22. The van der Waals surface area contributed by atoms with Crippen LogP contribution in [-0.4, -0.2) is 15.2 Å². The summed E-state index contributed by atoms with van der Waals surface area (Å²) >= 11 is 5.83. The van der Waals surface area contributed by atoms with E-state index >= 15 is 0 Å². The molecule has 4 nitrogen and oxygen atoms in total. The molecule has 0 saturated carbocycles. The molecule has 3 aromatic rings. The van der Waals surface area contributed by atoms with Crippen LogP contribution in [0.25, 0.3) is 22.8 Å². The van der Waals surface area contributed by atoms with Crippen molar-refractivity contribution in [3.8, 4) is 28.6 Å². The summed E-state index contributed by atoms with van der Waals surface area (Å²) < 4.78 is 5.19. The molecule has 1 heterocycles. The molecular formula is C14H9ClN2O2. The summed E-state index contributed by atoms with van der Waals surface area (Å²) in [5, 5.41) is 14.0. The first kappa shape index (κ1) is 11.7. The number of halogens is 1. The number of hydrogen-bond donors (Lipinski definition) is 1. The van der Waals surface area contributed by atoms with E-state index < -0.39 is 0 Å². The van der Waals surface area contributed by atoms with Gasteiger partial charge in [0.25, 0.3) is 5.89 Å². The molecule has 1 aromatic heterocycles. The van der Waals surface area contributed by atoms with E-state index in [0.29, 0.717) is 22.3 Å². The third kappa shape index (κ3) is 2.44. The van der Waals surface area contributed by atoms with Gasteiger partial charge < -0.3 is 9.63 Å². The Balaban J connectivity index is 1.97. The molecule has 0 radical (unpaired) electrons. The van der Waals surface area contributed by atoms with Crippen molar-refractivity contribution in [1.82, 2.24) is 10.1 Å². The number of nitrogens with zero attached hydrogens (tertiary/aromatic N) is 2. The van der Waals surface area contributed by atoms with Gasteiger partial charge in [0.1, 0.15) is 5.75 Å². The SMILES string of the molecule is Oc1cccc(-c2nc(-c3ccc(Cl)cc3)no2)c1. The van der Waals surface area contributed by atoms with E-state index in [2.05, 4.69) is 10.1 Å². The summed E-state index contributed by atoms with van der Waals surface area (Å²) in [7, 11) is 0. The maximum atomic E-state index is 9.42. The van der Waals surface area contributed by atoms with E-state index in [0.717, 1.165) is 5.56 Å². The van der Waals surface area contributed by atoms with Gasteiger partial charge in [0.2, 0.25) is 5.82 Å². The quantitative estimate of drug-likeness (QED) is 0.771. The fourth-order valence-electron chi connectivity index (χ4n) is 1.70. The van der Waals surface area contributed by atoms with E-state index in [9.17, 15) is 5.11 Å². The van der Waals surface area contributed by atoms with Gasteiger partial charge in [-0.15, -0.1) is 0 Å². The fraction of sp³-hybridized carbons (Fsp3) is 0. The predicted molar refractivity (Wildman–Crippen MR) is 71.8 cm³/mol. The Bertz CT molecular complexity index is 707. The third-order valence-electron chi connectivity index (χ3n) is 2.62. The molecule has 0 bridgehead atoms. The molecule has 2 aromatic carbocycles. The average molecular weight is 273 g/mol. The highest BCUT2D eigenvalue weighted by Crippen LogP contribution is 2.25. The number of phenolic OH excluding ortho intramolecular Hbond substituents is 1. The summed E-state index contributed by atoms with van der Waals surface area (Å²) in [6, 6.07) is 13.8. The van der Waals surface area contributed by atoms with E-state index in [1.807, 2.05) is 12.1 Å². The molecule has 0 amide bonds. The van der Waals surface area contributed by atoms with Gasteiger partial charge in [0.15, 0.2) is 0 Å². The lowest BCUT2D eigenvalue weighted by molar-refractivity contribution is 0.431. The minimum absolute atomic E-state index is 0.156. The highest BCUT2D eigenvalue weighted by atomic mass is 35.5. The van der Waals surface area contributed by atoms with Gasteiger partial charge in [0, 0.05) is 16.1 Å². The van der Waals surface area contributed by atoms with Crippen LogP contribution in [-0.2, 0) is 0 Å². The lowest BCUT2D eigenvalue weighted by Gasteiger charge is -1.95. The zero-order chi connectivity index (χ0) is 13.2. The standard InChI is InChI=1S/C14H9ClN2O2/c15-11-6-4-9(5-7-11)13-16-14(19-17-13)10-2-1-3-12(18)8-10/h1-8,18H. The Hall–Kier alpha value is -2.33. The molecule has 19 heavy (non-hydrogen) atoms. The Morgan fingerprint density at radius 3 is 2.53 bits per heavy atom. The molecule has 0 spiro atoms. The van der Waals surface area contributed by atoms with Crippen LogP contribution in [0.3, 0.4) is 0 Å². The normalized spacial score (nSPS) is 10.6. The maximum Gasteiger partial charge on any atom is 0.258 e. The Morgan fingerprint density at radius 1 is 1.00 bits per heavy atom. The molecule has 94 valence electrons. The zero-order valence-electron chi connectivity index (χ0n) is 9.75. The number of rotatable bonds is 2. The van der Waals surface area contributed by atoms with Gasteiger partial charge >= 0.3 is 0 Å². The molecule has 0 aliphatic carbocycles. The van der Waals surface area contributed by atoms with Gasteiger partial charge in [-0.25, -0.2) is 0 Å². The lowest BCUT2D eigenvalue weighted by Crippen LogP contribution is -1.81. The van der Waals surface area contributed by atoms with Gasteiger partial charge in [-0.1, -0.05) is 22.8 Å². The number of phenols is 1. The largest absolute Gasteiger partial charge is 0.508 e. The predicted octanol–water partition coefficient (Wildman–Crippen LogP) is 3.76. The smallest absolute Gasteiger partial charge is 0.258 e. The number of aromatic hydroxyl groups is 1. The second-order valence-corrected chi connectivity index (χ2v) is 4.42. The topological polar surface area (TPSA) is 59.2 Å². The van der Waals surface area contributed by atoms with Crippen LogP contribution in [0, 0.1) is 0 Å². The lowest BCUT2D eigenvalue weighted by atomic mass is 10.2. The van der Waals surface area contributed by atoms with Gasteiger partial charge in [0.05, 0.1) is 0 Å². The van der Waals surface area contributed by atoms with Gasteiger partial charge in [-0.3, -0.25) is 0 Å². The van der Waals surface area contributed by atoms with E-state index in [1.165, 1.54) is 0 Å². The Morgan fingerprint density at radius 2 is 1.79 bits per heavy atom. The van der Waals surface area contributed by atoms with Crippen molar-refractivity contribution < 1.29 is 9.63 Å². The second-order valence-electron chi connectivity index (χ2n) is 3.98. The first-order valence-corrected chi connectivity index (χ1v) is 5.99. The van der Waals surface area contributed by atoms with Gasteiger partial charge in [-0.05, 0) is 42.5 Å². The van der Waals surface area contributed by atoms with Crippen molar-refractivity contribution in [1.29, 1.82) is 0 Å². The minimum atomic E-state index is 0.156. The van der Waals surface area contributed by atoms with Crippen molar-refractivity contribution in [3.05, 3.63) is 53.6 Å². The summed E-state index contributed by atoms with van der Waals surface area (Å²) in [4.78, 5) is 4.29. The molecule has 3 rings (SSSR count). The van der Waals surface area contributed by atoms with Crippen LogP contribution in [0.5, 0.6) is 5.75 Å². The number of hydrogen-bond acceptors (Lipinski definition) is 4. The average Bonchev–Trinajstić information content (AvgIpc) is 2.89. The van der Waals surface area contributed by atoms with Crippen LogP contribution >= 0.6 is 11.6 Å². The summed E-state index contributed by atoms with van der Waals surface area (Å²) in [5.74, 6) is 1.000. The Labute approximate surface area is 114 Å². The van der Waals surface area contributed by atoms with Crippen LogP contribution in [0.4, 0.5) is 0 Å². The Kier molecular flexibility index (Phi) is 2.93. The minimum Gasteiger partial charge on any atom is -0.508 e. The van der Waals surface area contributed by atoms with E-state index in [1.54, 1.807) is 36.4 Å². The summed E-state index contributed by atoms with van der Waals surface area (Å²) in [5.41, 5.74) is 1.49. The van der Waals surface area contributed by atoms with Crippen LogP contribution in [0.1, 0.15) is 0 Å². The van der Waals surface area contributed by atoms with Crippen molar-refractivity contribution in [2.24, 2.45) is 0 Å². The highest BCUT2D eigenvalue weighted by Gasteiger charge is 2.10. The van der Waals surface area contributed by atoms with E-state index in [-0.39, 0.29) is 5.75 Å². The number of aromatic nitrogens is 2. The molecule has 0 aliphatic rings. The van der Waals surface area contributed by atoms with Crippen LogP contribution in [0.2, 0.25) is 5.02 Å². The zero-order valence-corrected chi connectivity index (χ0v) is 10.5. The number of benzene rings is 2. The highest BCUT2D eigenvalue weighted by molar-refractivity contribution is 6.30. The molecule has 0 saturated heterocycles. The van der Waals surface area contributed by atoms with Gasteiger partial charge in [-0.2, -0.15) is 4.98 Å². The molecule has 0 aliphatic heterocycles. The molecule has 0 atom stereocenters. The van der Waals surface area contributed by atoms with Crippen molar-refractivity contribution in [2.75, 3.05) is 0 Å². The molecule has 1 N–H and O–H groups in total. The first-order valence-electron chi connectivity index (χ1n) is 5.61. The second kappa shape index (κ2) is 4.74. The van der Waals surface area contributed by atoms with Crippen molar-refractivity contribution in [2.45, 2.75) is 0 Å². The molecule has 5 heteroatoms. The van der Waals surface area contributed by atoms with Crippen molar-refractivity contribution in [3.63, 3.8) is 0 Å². The van der Waals surface area contributed by atoms with Crippen molar-refractivity contribution >= 4 is 11.6 Å². The summed E-state index contributed by atoms with van der Waals surface area (Å²) in [6.07, 6.45) is 0. The van der Waals surface area contributed by atoms with Crippen LogP contribution in [0.15, 0.2) is 53.1 Å². The molecule has 0 unspecified atom stereocenters.